The van der Waals surface area contributed by atoms with Crippen molar-refractivity contribution in [3.63, 3.8) is 0 Å². The highest BCUT2D eigenvalue weighted by Gasteiger charge is 2.40. The number of hydrogen-bond acceptors (Lipinski definition) is 8. The largest absolute Gasteiger partial charge is 0.491 e. The maximum absolute atomic E-state index is 13.6. The topological polar surface area (TPSA) is 117 Å². The number of sulfonamides is 1. The van der Waals surface area contributed by atoms with Crippen LogP contribution in [0, 0.1) is 0 Å². The lowest BCUT2D eigenvalue weighted by Gasteiger charge is -2.17. The summed E-state index contributed by atoms with van der Waals surface area (Å²) in [4.78, 5) is 5.59. The van der Waals surface area contributed by atoms with Gasteiger partial charge in [-0.05, 0) is 12.1 Å². The van der Waals surface area contributed by atoms with E-state index in [0.29, 0.717) is 22.8 Å². The van der Waals surface area contributed by atoms with Gasteiger partial charge in [0.05, 0.1) is 34.1 Å². The molecule has 0 aliphatic rings. The van der Waals surface area contributed by atoms with Gasteiger partial charge in [0.25, 0.3) is 22.4 Å². The molecular weight excluding hydrogens is 469 g/mol. The number of halogens is 5. The summed E-state index contributed by atoms with van der Waals surface area (Å²) in [5.41, 5.74) is -2.44. The molecule has 0 spiro atoms. The van der Waals surface area contributed by atoms with Crippen LogP contribution in [0.1, 0.15) is 13.8 Å². The number of alkyl halides is 5. The molecule has 16 heteroatoms. The number of hydrogen-bond donors (Lipinski definition) is 1. The lowest BCUT2D eigenvalue weighted by Crippen LogP contribution is -2.21. The minimum Gasteiger partial charge on any atom is -0.491 e. The highest BCUT2D eigenvalue weighted by molar-refractivity contribution is 7.92. The number of nitrogens with zero attached hydrogens (tertiary/aromatic N) is 4. The fraction of sp³-hybridized carbons (Fsp3) is 0.312. The third kappa shape index (κ3) is 4.58. The van der Waals surface area contributed by atoms with E-state index >= 15 is 0 Å². The third-order valence-corrected chi connectivity index (χ3v) is 5.06. The summed E-state index contributed by atoms with van der Waals surface area (Å²) < 4.78 is 151. The molecule has 0 radical (unpaired) electrons. The summed E-state index contributed by atoms with van der Waals surface area (Å²) in [7, 11) is -11.6. The lowest BCUT2D eigenvalue weighted by molar-refractivity contribution is -0.140. The Bertz CT molecular complexity index is 1380. The summed E-state index contributed by atoms with van der Waals surface area (Å²) in [6.45, 7) is -1.44. The first-order valence-corrected chi connectivity index (χ1v) is 9.53. The smallest absolute Gasteiger partial charge is 0.417 e. The average molecular weight is 489 g/mol. The van der Waals surface area contributed by atoms with Crippen molar-refractivity contribution in [1.29, 1.82) is 0 Å². The Balaban J connectivity index is 2.15. The van der Waals surface area contributed by atoms with Crippen molar-refractivity contribution < 1.29 is 52.8 Å². The molecule has 0 saturated heterocycles. The van der Waals surface area contributed by atoms with Crippen LogP contribution in [0.5, 0.6) is 17.5 Å². The van der Waals surface area contributed by atoms with Crippen LogP contribution < -0.4 is 18.9 Å². The number of fused-ring (bicyclic) bond motifs is 1. The second-order valence-corrected chi connectivity index (χ2v) is 7.34. The Morgan fingerprint density at radius 1 is 1.22 bits per heavy atom. The van der Waals surface area contributed by atoms with Crippen molar-refractivity contribution in [1.82, 2.24) is 19.6 Å². The Morgan fingerprint density at radius 2 is 1.97 bits per heavy atom. The minimum atomic E-state index is -5.35. The zero-order chi connectivity index (χ0) is 28.7. The Kier molecular flexibility index (Phi) is 4.36. The van der Waals surface area contributed by atoms with E-state index < -0.39 is 82.9 Å². The molecule has 2 aromatic heterocycles. The number of methoxy groups -OCH3 is 2. The van der Waals surface area contributed by atoms with Crippen molar-refractivity contribution in [3.8, 4) is 17.5 Å². The van der Waals surface area contributed by atoms with E-state index in [-0.39, 0.29) is 0 Å². The van der Waals surface area contributed by atoms with Crippen LogP contribution >= 0.6 is 0 Å². The molecule has 0 bridgehead atoms. The van der Waals surface area contributed by atoms with Crippen LogP contribution in [0.25, 0.3) is 5.65 Å². The molecule has 0 aliphatic carbocycles. The molecule has 3 aromatic rings. The Morgan fingerprint density at radius 3 is 2.62 bits per heavy atom. The molecule has 32 heavy (non-hydrogen) atoms. The van der Waals surface area contributed by atoms with Gasteiger partial charge in [-0.3, -0.25) is 0 Å². The number of anilines is 1. The molecule has 1 N–H and O–H groups in total. The van der Waals surface area contributed by atoms with Gasteiger partial charge in [-0.25, -0.2) is 21.9 Å². The van der Waals surface area contributed by atoms with Crippen LogP contribution in [0.4, 0.5) is 27.9 Å². The monoisotopic (exact) mass is 489 g/mol. The molecule has 0 fully saturated rings. The van der Waals surface area contributed by atoms with Crippen molar-refractivity contribution in [2.24, 2.45) is 0 Å². The quantitative estimate of drug-likeness (QED) is 0.480. The van der Waals surface area contributed by atoms with Gasteiger partial charge in [-0.1, -0.05) is 6.07 Å². The average Bonchev–Trinajstić information content (AvgIpc) is 3.15. The summed E-state index contributed by atoms with van der Waals surface area (Å²) in [6, 6.07) is 0.939. The third-order valence-electron chi connectivity index (χ3n) is 3.65. The maximum atomic E-state index is 13.6. The molecule has 10 nitrogen and oxygen atoms in total. The van der Waals surface area contributed by atoms with Gasteiger partial charge in [0, 0.05) is 0 Å². The van der Waals surface area contributed by atoms with Gasteiger partial charge < -0.3 is 14.2 Å². The van der Waals surface area contributed by atoms with Gasteiger partial charge in [0.1, 0.15) is 17.3 Å². The van der Waals surface area contributed by atoms with Crippen LogP contribution in [-0.2, 0) is 16.2 Å². The Hall–Kier alpha value is -3.43. The normalized spacial score (nSPS) is 15.8. The number of ether oxygens (including phenoxy) is 3. The van der Waals surface area contributed by atoms with Gasteiger partial charge in [-0.15, -0.1) is 5.10 Å². The zero-order valence-electron chi connectivity index (χ0n) is 21.2. The molecule has 0 atom stereocenters. The number of aromatic nitrogens is 4. The second-order valence-electron chi connectivity index (χ2n) is 5.72. The molecule has 0 aliphatic heterocycles. The first-order valence-electron chi connectivity index (χ1n) is 11.0. The van der Waals surface area contributed by atoms with Crippen molar-refractivity contribution in [3.05, 3.63) is 30.0 Å². The van der Waals surface area contributed by atoms with Crippen LogP contribution in [0.3, 0.4) is 0 Å². The summed E-state index contributed by atoms with van der Waals surface area (Å²) in [5.74, 6) is -2.77. The first-order chi connectivity index (χ1) is 17.3. The van der Waals surface area contributed by atoms with Gasteiger partial charge >= 0.3 is 12.2 Å². The van der Waals surface area contributed by atoms with Crippen molar-refractivity contribution in [2.45, 2.75) is 17.5 Å². The second kappa shape index (κ2) is 8.60. The predicted octanol–water partition coefficient (Wildman–Crippen LogP) is 2.61. The fourth-order valence-electron chi connectivity index (χ4n) is 2.47. The molecule has 1 aromatic carbocycles. The van der Waals surface area contributed by atoms with Gasteiger partial charge in [0.15, 0.2) is 5.75 Å². The van der Waals surface area contributed by atoms with E-state index in [1.165, 1.54) is 0 Å². The van der Waals surface area contributed by atoms with Crippen LogP contribution in [-0.4, -0.2) is 55.1 Å². The molecular formula is C16H14F5N5O5S. The zero-order valence-corrected chi connectivity index (χ0v) is 16.0. The van der Waals surface area contributed by atoms with E-state index in [1.807, 2.05) is 0 Å². The van der Waals surface area contributed by atoms with E-state index in [2.05, 4.69) is 29.3 Å². The highest BCUT2D eigenvalue weighted by atomic mass is 32.2. The van der Waals surface area contributed by atoms with E-state index in [9.17, 15) is 30.4 Å². The van der Waals surface area contributed by atoms with Gasteiger partial charge in [-0.2, -0.15) is 27.7 Å². The van der Waals surface area contributed by atoms with Crippen LogP contribution in [0.15, 0.2) is 29.3 Å². The minimum absolute atomic E-state index is 0.357. The molecule has 0 unspecified atom stereocenters. The maximum Gasteiger partial charge on any atom is 0.417 e. The molecule has 2 heterocycles. The fourth-order valence-corrected chi connectivity index (χ4v) is 3.76. The van der Waals surface area contributed by atoms with Gasteiger partial charge in [0.2, 0.25) is 5.65 Å². The highest BCUT2D eigenvalue weighted by Crippen LogP contribution is 2.39. The first kappa shape index (κ1) is 16.2. The number of nitrogens with one attached hydrogen (secondary N) is 1. The number of benzene rings is 1. The molecule has 174 valence electrons. The SMILES string of the molecule is [2H]C([2H])([2H])Oc1cnc(OC([2H])([2H])[2H])n2nc(NS(=O)(=O)c3c(OCC(F)F)cccc3C(F)(F)F)nc12. The standard InChI is InChI=1S/C16H14F5N5O5S/c1-29-10-6-22-15(30-2)26-13(10)23-14(24-26)25-32(27,28)12-8(16(19,20)21)4-3-5-9(12)31-7-11(17)18/h3-6,11H,7H2,1-2H3,(H,24,25)/i1D3,2D3. The number of rotatable bonds is 8. The van der Waals surface area contributed by atoms with E-state index in [1.54, 1.807) is 4.72 Å². The lowest BCUT2D eigenvalue weighted by atomic mass is 10.2. The molecule has 3 rings (SSSR count). The van der Waals surface area contributed by atoms with E-state index in [0.717, 1.165) is 6.07 Å². The van der Waals surface area contributed by atoms with Crippen LogP contribution in [0.2, 0.25) is 0 Å². The van der Waals surface area contributed by atoms with E-state index in [4.69, 9.17) is 8.22 Å². The van der Waals surface area contributed by atoms with Crippen molar-refractivity contribution in [2.75, 3.05) is 25.4 Å². The Labute approximate surface area is 185 Å². The summed E-state index contributed by atoms with van der Waals surface area (Å²) in [5, 5.41) is 3.57. The van der Waals surface area contributed by atoms with Crippen molar-refractivity contribution >= 4 is 21.6 Å². The molecule has 0 amide bonds. The summed E-state index contributed by atoms with van der Waals surface area (Å²) in [6.07, 6.45) is -7.77. The summed E-state index contributed by atoms with van der Waals surface area (Å²) >= 11 is 0. The predicted molar refractivity (Wildman–Crippen MR) is 97.6 cm³/mol. The molecule has 0 saturated carbocycles.